The van der Waals surface area contributed by atoms with Crippen molar-refractivity contribution in [2.24, 2.45) is 0 Å². The molecule has 1 aliphatic rings. The fraction of sp³-hybridized carbons (Fsp3) is 0.500. The molecule has 0 saturated carbocycles. The van der Waals surface area contributed by atoms with Crippen LogP contribution in [-0.2, 0) is 9.59 Å². The molecule has 0 spiro atoms. The maximum absolute atomic E-state index is 13.4. The zero-order valence-corrected chi connectivity index (χ0v) is 18.7. The molecule has 1 heterocycles. The summed E-state index contributed by atoms with van der Waals surface area (Å²) in [6, 6.07) is 14.5. The highest BCUT2D eigenvalue weighted by Gasteiger charge is 2.34. The van der Waals surface area contributed by atoms with E-state index in [0.717, 1.165) is 42.6 Å². The van der Waals surface area contributed by atoms with Crippen LogP contribution in [0, 0.1) is 0 Å². The van der Waals surface area contributed by atoms with Crippen molar-refractivity contribution in [3.05, 3.63) is 42.5 Å². The largest absolute Gasteiger partial charge is 0.349 e. The SMILES string of the molecule is CCN(C(=O)[C@H](C)[NH+]1CC[NH+](CC(=O)NC(C)C)CC1)c1cccc2ccccc12. The second-order valence-corrected chi connectivity index (χ2v) is 8.61. The summed E-state index contributed by atoms with van der Waals surface area (Å²) in [6.45, 7) is 12.9. The number of amides is 2. The fourth-order valence-corrected chi connectivity index (χ4v) is 4.43. The van der Waals surface area contributed by atoms with Gasteiger partial charge in [0.1, 0.15) is 26.2 Å². The molecule has 162 valence electrons. The average Bonchev–Trinajstić information content (AvgIpc) is 2.73. The van der Waals surface area contributed by atoms with E-state index in [4.69, 9.17) is 0 Å². The summed E-state index contributed by atoms with van der Waals surface area (Å²) in [5.74, 6) is 0.283. The summed E-state index contributed by atoms with van der Waals surface area (Å²) in [4.78, 5) is 30.0. The molecule has 0 aliphatic carbocycles. The Kier molecular flexibility index (Phi) is 7.45. The minimum absolute atomic E-state index is 0.102. The summed E-state index contributed by atoms with van der Waals surface area (Å²) in [5, 5.41) is 5.23. The number of quaternary nitrogens is 2. The Hall–Kier alpha value is -2.44. The van der Waals surface area contributed by atoms with Gasteiger partial charge in [0.05, 0.1) is 5.69 Å². The van der Waals surface area contributed by atoms with E-state index in [1.165, 1.54) is 9.80 Å². The number of nitrogens with one attached hydrogen (secondary N) is 3. The van der Waals surface area contributed by atoms with E-state index in [1.807, 2.05) is 56.9 Å². The Balaban J connectivity index is 1.64. The van der Waals surface area contributed by atoms with Crippen LogP contribution in [0.5, 0.6) is 0 Å². The molecule has 2 aromatic rings. The molecule has 0 aromatic heterocycles. The number of hydrogen-bond donors (Lipinski definition) is 3. The van der Waals surface area contributed by atoms with Crippen LogP contribution in [0.25, 0.3) is 10.8 Å². The lowest BCUT2D eigenvalue weighted by molar-refractivity contribution is -1.01. The van der Waals surface area contributed by atoms with Crippen LogP contribution >= 0.6 is 0 Å². The van der Waals surface area contributed by atoms with E-state index in [1.54, 1.807) is 0 Å². The van der Waals surface area contributed by atoms with Crippen molar-refractivity contribution in [1.82, 2.24) is 5.32 Å². The van der Waals surface area contributed by atoms with Gasteiger partial charge in [-0.05, 0) is 39.1 Å². The van der Waals surface area contributed by atoms with Crippen molar-refractivity contribution >= 4 is 28.3 Å². The van der Waals surface area contributed by atoms with E-state index in [2.05, 4.69) is 23.5 Å². The van der Waals surface area contributed by atoms with E-state index in [-0.39, 0.29) is 23.9 Å². The third-order valence-corrected chi connectivity index (χ3v) is 6.08. The van der Waals surface area contributed by atoms with Gasteiger partial charge in [-0.3, -0.25) is 9.59 Å². The zero-order valence-electron chi connectivity index (χ0n) is 18.7. The first-order chi connectivity index (χ1) is 14.4. The van der Waals surface area contributed by atoms with Gasteiger partial charge in [-0.15, -0.1) is 0 Å². The Bertz CT molecular complexity index is 869. The quantitative estimate of drug-likeness (QED) is 0.594. The molecule has 1 atom stereocenters. The number of rotatable bonds is 7. The molecular formula is C24H36N4O2+2. The van der Waals surface area contributed by atoms with Gasteiger partial charge < -0.3 is 20.0 Å². The van der Waals surface area contributed by atoms with Crippen LogP contribution in [0.3, 0.4) is 0 Å². The van der Waals surface area contributed by atoms with Gasteiger partial charge in [0.25, 0.3) is 11.8 Å². The predicted octanol–water partition coefficient (Wildman–Crippen LogP) is -0.111. The molecule has 6 nitrogen and oxygen atoms in total. The lowest BCUT2D eigenvalue weighted by Crippen LogP contribution is -3.30. The topological polar surface area (TPSA) is 58.3 Å². The van der Waals surface area contributed by atoms with Gasteiger partial charge in [0.15, 0.2) is 12.6 Å². The lowest BCUT2D eigenvalue weighted by Gasteiger charge is -2.34. The Morgan fingerprint density at radius 2 is 1.67 bits per heavy atom. The maximum atomic E-state index is 13.4. The molecule has 0 unspecified atom stereocenters. The monoisotopic (exact) mass is 412 g/mol. The molecule has 3 rings (SSSR count). The first-order valence-electron chi connectivity index (χ1n) is 11.2. The molecule has 2 aromatic carbocycles. The number of carbonyl (C=O) groups excluding carboxylic acids is 2. The number of benzene rings is 2. The van der Waals surface area contributed by atoms with Crippen LogP contribution < -0.4 is 20.0 Å². The number of carbonyl (C=O) groups is 2. The molecule has 30 heavy (non-hydrogen) atoms. The molecular weight excluding hydrogens is 376 g/mol. The maximum Gasteiger partial charge on any atom is 0.284 e. The minimum Gasteiger partial charge on any atom is -0.349 e. The van der Waals surface area contributed by atoms with Crippen molar-refractivity contribution in [2.45, 2.75) is 39.8 Å². The first-order valence-corrected chi connectivity index (χ1v) is 11.2. The highest BCUT2D eigenvalue weighted by Crippen LogP contribution is 2.26. The lowest BCUT2D eigenvalue weighted by atomic mass is 10.1. The number of piperazine rings is 1. The molecule has 0 bridgehead atoms. The van der Waals surface area contributed by atoms with Crippen molar-refractivity contribution in [2.75, 3.05) is 44.2 Å². The van der Waals surface area contributed by atoms with Gasteiger partial charge in [-0.1, -0.05) is 36.4 Å². The summed E-state index contributed by atoms with van der Waals surface area (Å²) in [6.07, 6.45) is 0. The normalized spacial score (nSPS) is 20.2. The summed E-state index contributed by atoms with van der Waals surface area (Å²) < 4.78 is 0. The van der Waals surface area contributed by atoms with Crippen molar-refractivity contribution in [3.63, 3.8) is 0 Å². The Morgan fingerprint density at radius 1 is 1.00 bits per heavy atom. The Morgan fingerprint density at radius 3 is 2.33 bits per heavy atom. The van der Waals surface area contributed by atoms with Crippen molar-refractivity contribution in [3.8, 4) is 0 Å². The van der Waals surface area contributed by atoms with Crippen molar-refractivity contribution in [1.29, 1.82) is 0 Å². The molecule has 2 amide bonds. The number of fused-ring (bicyclic) bond motifs is 1. The summed E-state index contributed by atoms with van der Waals surface area (Å²) >= 11 is 0. The zero-order chi connectivity index (χ0) is 21.7. The highest BCUT2D eigenvalue weighted by molar-refractivity contribution is 6.04. The number of likely N-dealkylation sites (N-methyl/N-ethyl adjacent to an activating group) is 1. The van der Waals surface area contributed by atoms with Crippen LogP contribution in [0.2, 0.25) is 0 Å². The van der Waals surface area contributed by atoms with Gasteiger partial charge >= 0.3 is 0 Å². The average molecular weight is 413 g/mol. The van der Waals surface area contributed by atoms with Gasteiger partial charge in [0.2, 0.25) is 0 Å². The second kappa shape index (κ2) is 10.0. The molecule has 0 radical (unpaired) electrons. The van der Waals surface area contributed by atoms with Gasteiger partial charge in [-0.25, -0.2) is 0 Å². The van der Waals surface area contributed by atoms with E-state index in [9.17, 15) is 9.59 Å². The van der Waals surface area contributed by atoms with Crippen LogP contribution in [0.15, 0.2) is 42.5 Å². The molecule has 1 aliphatic heterocycles. The fourth-order valence-electron chi connectivity index (χ4n) is 4.43. The highest BCUT2D eigenvalue weighted by atomic mass is 16.2. The molecule has 1 fully saturated rings. The van der Waals surface area contributed by atoms with E-state index in [0.29, 0.717) is 13.1 Å². The number of nitrogens with zero attached hydrogens (tertiary/aromatic N) is 1. The Labute approximate surface area is 179 Å². The van der Waals surface area contributed by atoms with Crippen molar-refractivity contribution < 1.29 is 19.4 Å². The predicted molar refractivity (Wildman–Crippen MR) is 121 cm³/mol. The third-order valence-electron chi connectivity index (χ3n) is 6.08. The first kappa shape index (κ1) is 22.2. The summed E-state index contributed by atoms with van der Waals surface area (Å²) in [5.41, 5.74) is 0.987. The molecule has 1 saturated heterocycles. The minimum atomic E-state index is -0.102. The number of hydrogen-bond acceptors (Lipinski definition) is 2. The smallest absolute Gasteiger partial charge is 0.284 e. The van der Waals surface area contributed by atoms with Crippen LogP contribution in [0.4, 0.5) is 5.69 Å². The van der Waals surface area contributed by atoms with Crippen LogP contribution in [0.1, 0.15) is 27.7 Å². The van der Waals surface area contributed by atoms with Crippen LogP contribution in [-0.4, -0.2) is 63.2 Å². The van der Waals surface area contributed by atoms with E-state index >= 15 is 0 Å². The standard InChI is InChI=1S/C24H34N4O2/c1-5-28(22-12-8-10-20-9-6-7-11-21(20)22)24(30)19(4)27-15-13-26(14-16-27)17-23(29)25-18(2)3/h6-12,18-19H,5,13-17H2,1-4H3,(H,25,29)/p+2/t19-/m0/s1. The second-order valence-electron chi connectivity index (χ2n) is 8.61. The molecule has 3 N–H and O–H groups in total. The van der Waals surface area contributed by atoms with E-state index < -0.39 is 0 Å². The van der Waals surface area contributed by atoms with Gasteiger partial charge in [-0.2, -0.15) is 0 Å². The molecule has 6 heteroatoms. The summed E-state index contributed by atoms with van der Waals surface area (Å²) in [7, 11) is 0. The number of anilines is 1. The third kappa shape index (κ3) is 5.18. The van der Waals surface area contributed by atoms with Gasteiger partial charge in [0, 0.05) is 18.0 Å².